The predicted molar refractivity (Wildman–Crippen MR) is 119 cm³/mol. The number of aliphatic imine (C=N–C) groups is 1. The maximum atomic E-state index is 5.62. The Balaban J connectivity index is 1.60. The van der Waals surface area contributed by atoms with Crippen LogP contribution in [0.15, 0.2) is 4.99 Å². The molecule has 3 aliphatic rings. The van der Waals surface area contributed by atoms with Gasteiger partial charge in [-0.15, -0.1) is 0 Å². The van der Waals surface area contributed by atoms with Crippen LogP contribution in [0.3, 0.4) is 0 Å². The van der Waals surface area contributed by atoms with Crippen molar-refractivity contribution in [3.05, 3.63) is 0 Å². The lowest BCUT2D eigenvalue weighted by atomic mass is 9.80. The molecule has 0 aromatic carbocycles. The molecule has 0 radical (unpaired) electrons. The fourth-order valence-electron chi connectivity index (χ4n) is 5.15. The minimum atomic E-state index is 0.217. The largest absolute Gasteiger partial charge is 0.379 e. The SMILES string of the molecule is CCNC(=NCC1(N2CCOCC2)CCCCC1)NCC(C)N1CCOCC1C. The van der Waals surface area contributed by atoms with E-state index in [0.717, 1.165) is 71.7 Å². The summed E-state index contributed by atoms with van der Waals surface area (Å²) >= 11 is 0. The summed E-state index contributed by atoms with van der Waals surface area (Å²) in [6, 6.07) is 0.938. The Bertz CT molecular complexity index is 503. The van der Waals surface area contributed by atoms with Gasteiger partial charge in [-0.1, -0.05) is 19.3 Å². The fraction of sp³-hybridized carbons (Fsp3) is 0.955. The van der Waals surface area contributed by atoms with E-state index in [4.69, 9.17) is 14.5 Å². The fourth-order valence-corrected chi connectivity index (χ4v) is 5.15. The molecule has 7 heteroatoms. The number of nitrogens with zero attached hydrogens (tertiary/aromatic N) is 3. The second kappa shape index (κ2) is 11.5. The Hall–Kier alpha value is -0.890. The Kier molecular flexibility index (Phi) is 9.03. The highest BCUT2D eigenvalue weighted by atomic mass is 16.5. The van der Waals surface area contributed by atoms with Gasteiger partial charge in [-0.3, -0.25) is 14.8 Å². The third kappa shape index (κ3) is 6.29. The van der Waals surface area contributed by atoms with Crippen molar-refractivity contribution in [1.29, 1.82) is 0 Å². The summed E-state index contributed by atoms with van der Waals surface area (Å²) < 4.78 is 11.2. The average molecular weight is 410 g/mol. The predicted octanol–water partition coefficient (Wildman–Crippen LogP) is 1.69. The van der Waals surface area contributed by atoms with Gasteiger partial charge in [-0.2, -0.15) is 0 Å². The molecule has 7 nitrogen and oxygen atoms in total. The molecule has 0 spiro atoms. The van der Waals surface area contributed by atoms with Crippen LogP contribution < -0.4 is 10.6 Å². The highest BCUT2D eigenvalue weighted by molar-refractivity contribution is 5.79. The average Bonchev–Trinajstić information content (AvgIpc) is 2.77. The van der Waals surface area contributed by atoms with Crippen molar-refractivity contribution in [2.24, 2.45) is 4.99 Å². The van der Waals surface area contributed by atoms with E-state index in [9.17, 15) is 0 Å². The first-order valence-electron chi connectivity index (χ1n) is 11.8. The molecular weight excluding hydrogens is 366 g/mol. The quantitative estimate of drug-likeness (QED) is 0.493. The summed E-state index contributed by atoms with van der Waals surface area (Å²) in [5.41, 5.74) is 0.217. The molecule has 1 saturated carbocycles. The van der Waals surface area contributed by atoms with Crippen molar-refractivity contribution in [3.8, 4) is 0 Å². The molecule has 29 heavy (non-hydrogen) atoms. The molecule has 0 amide bonds. The van der Waals surface area contributed by atoms with Gasteiger partial charge in [0.2, 0.25) is 0 Å². The summed E-state index contributed by atoms with van der Waals surface area (Å²) in [4.78, 5) is 10.3. The van der Waals surface area contributed by atoms with Gasteiger partial charge in [0.15, 0.2) is 5.96 Å². The van der Waals surface area contributed by atoms with Crippen molar-refractivity contribution >= 4 is 5.96 Å². The highest BCUT2D eigenvalue weighted by Gasteiger charge is 2.38. The second-order valence-corrected chi connectivity index (χ2v) is 8.97. The van der Waals surface area contributed by atoms with Gasteiger partial charge in [0.1, 0.15) is 0 Å². The Morgan fingerprint density at radius 1 is 1.07 bits per heavy atom. The van der Waals surface area contributed by atoms with Crippen LogP contribution in [0, 0.1) is 0 Å². The van der Waals surface area contributed by atoms with Gasteiger partial charge < -0.3 is 20.1 Å². The van der Waals surface area contributed by atoms with Gasteiger partial charge in [0, 0.05) is 50.3 Å². The number of rotatable bonds is 7. The summed E-state index contributed by atoms with van der Waals surface area (Å²) in [6.07, 6.45) is 6.53. The van der Waals surface area contributed by atoms with Crippen LogP contribution in [0.4, 0.5) is 0 Å². The number of morpholine rings is 2. The van der Waals surface area contributed by atoms with Gasteiger partial charge in [-0.05, 0) is 33.6 Å². The smallest absolute Gasteiger partial charge is 0.191 e. The molecule has 0 aromatic heterocycles. The monoisotopic (exact) mass is 409 g/mol. The molecule has 2 unspecified atom stereocenters. The summed E-state index contributed by atoms with van der Waals surface area (Å²) in [7, 11) is 0. The van der Waals surface area contributed by atoms with Crippen LogP contribution in [0.2, 0.25) is 0 Å². The van der Waals surface area contributed by atoms with Crippen LogP contribution in [-0.4, -0.2) is 99.1 Å². The van der Waals surface area contributed by atoms with E-state index in [1.165, 1.54) is 32.1 Å². The van der Waals surface area contributed by atoms with Gasteiger partial charge in [-0.25, -0.2) is 0 Å². The lowest BCUT2D eigenvalue weighted by Gasteiger charge is -2.47. The molecule has 2 N–H and O–H groups in total. The van der Waals surface area contributed by atoms with Crippen molar-refractivity contribution in [2.75, 3.05) is 65.7 Å². The molecule has 1 aliphatic carbocycles. The van der Waals surface area contributed by atoms with E-state index < -0.39 is 0 Å². The zero-order chi connectivity index (χ0) is 20.5. The normalized spacial score (nSPS) is 28.1. The summed E-state index contributed by atoms with van der Waals surface area (Å²) in [6.45, 7) is 15.9. The van der Waals surface area contributed by atoms with E-state index in [0.29, 0.717) is 12.1 Å². The van der Waals surface area contributed by atoms with E-state index in [-0.39, 0.29) is 5.54 Å². The molecule has 2 aliphatic heterocycles. The number of hydrogen-bond donors (Lipinski definition) is 2. The first-order valence-corrected chi connectivity index (χ1v) is 11.8. The van der Waals surface area contributed by atoms with Crippen LogP contribution in [0.1, 0.15) is 52.9 Å². The van der Waals surface area contributed by atoms with E-state index in [1.807, 2.05) is 0 Å². The standard InChI is InChI=1S/C22H43N5O2/c1-4-23-21(24-16-19(2)27-12-15-29-17-20(27)3)25-18-22(8-6-5-7-9-22)26-10-13-28-14-11-26/h19-20H,4-18H2,1-3H3,(H2,23,24,25). The molecular formula is C22H43N5O2. The van der Waals surface area contributed by atoms with E-state index >= 15 is 0 Å². The molecule has 0 bridgehead atoms. The molecule has 3 rings (SSSR count). The van der Waals surface area contributed by atoms with Crippen LogP contribution in [-0.2, 0) is 9.47 Å². The van der Waals surface area contributed by atoms with Crippen LogP contribution >= 0.6 is 0 Å². The molecule has 0 aromatic rings. The minimum Gasteiger partial charge on any atom is -0.379 e. The Labute approximate surface area is 177 Å². The number of guanidine groups is 1. The van der Waals surface area contributed by atoms with Crippen LogP contribution in [0.5, 0.6) is 0 Å². The van der Waals surface area contributed by atoms with Crippen molar-refractivity contribution in [2.45, 2.75) is 70.5 Å². The Morgan fingerprint density at radius 3 is 2.48 bits per heavy atom. The van der Waals surface area contributed by atoms with Crippen molar-refractivity contribution in [1.82, 2.24) is 20.4 Å². The highest BCUT2D eigenvalue weighted by Crippen LogP contribution is 2.34. The second-order valence-electron chi connectivity index (χ2n) is 8.97. The Morgan fingerprint density at radius 2 is 1.79 bits per heavy atom. The number of ether oxygens (including phenoxy) is 2. The van der Waals surface area contributed by atoms with Crippen LogP contribution in [0.25, 0.3) is 0 Å². The zero-order valence-electron chi connectivity index (χ0n) is 18.9. The molecule has 2 atom stereocenters. The van der Waals surface area contributed by atoms with E-state index in [2.05, 4.69) is 41.2 Å². The van der Waals surface area contributed by atoms with Crippen molar-refractivity contribution < 1.29 is 9.47 Å². The maximum absolute atomic E-state index is 5.62. The van der Waals surface area contributed by atoms with Gasteiger partial charge in [0.25, 0.3) is 0 Å². The van der Waals surface area contributed by atoms with Gasteiger partial charge >= 0.3 is 0 Å². The van der Waals surface area contributed by atoms with E-state index in [1.54, 1.807) is 0 Å². The third-order valence-electron chi connectivity index (χ3n) is 6.89. The minimum absolute atomic E-state index is 0.217. The lowest BCUT2D eigenvalue weighted by molar-refractivity contribution is -0.0333. The molecule has 2 heterocycles. The third-order valence-corrected chi connectivity index (χ3v) is 6.89. The number of hydrogen-bond acceptors (Lipinski definition) is 5. The summed E-state index contributed by atoms with van der Waals surface area (Å²) in [5, 5.41) is 7.08. The molecule has 168 valence electrons. The zero-order valence-corrected chi connectivity index (χ0v) is 18.9. The first-order chi connectivity index (χ1) is 14.1. The molecule has 2 saturated heterocycles. The maximum Gasteiger partial charge on any atom is 0.191 e. The topological polar surface area (TPSA) is 61.4 Å². The summed E-state index contributed by atoms with van der Waals surface area (Å²) in [5.74, 6) is 0.957. The molecule has 3 fully saturated rings. The first kappa shape index (κ1) is 22.8. The number of nitrogens with one attached hydrogen (secondary N) is 2. The van der Waals surface area contributed by atoms with Crippen molar-refractivity contribution in [3.63, 3.8) is 0 Å². The van der Waals surface area contributed by atoms with Gasteiger partial charge in [0.05, 0.1) is 33.0 Å². The lowest BCUT2D eigenvalue weighted by Crippen LogP contribution is -2.57.